The lowest BCUT2D eigenvalue weighted by atomic mass is 10.1. The minimum absolute atomic E-state index is 0.0819. The van der Waals surface area contributed by atoms with Gasteiger partial charge in [0, 0.05) is 11.8 Å². The van der Waals surface area contributed by atoms with Gasteiger partial charge in [0.1, 0.15) is 0 Å². The first-order valence-corrected chi connectivity index (χ1v) is 7.59. The molecule has 0 aliphatic carbocycles. The predicted octanol–water partition coefficient (Wildman–Crippen LogP) is 4.01. The highest BCUT2D eigenvalue weighted by atomic mass is 19.3. The molecular formula is C19H16F2N2O3. The summed E-state index contributed by atoms with van der Waals surface area (Å²) < 4.78 is 34.0. The van der Waals surface area contributed by atoms with Crippen molar-refractivity contribution in [2.24, 2.45) is 0 Å². The number of carbonyl (C=O) groups is 1. The van der Waals surface area contributed by atoms with E-state index in [-0.39, 0.29) is 17.4 Å². The van der Waals surface area contributed by atoms with Crippen LogP contribution in [0.1, 0.15) is 11.1 Å². The molecular weight excluding hydrogens is 342 g/mol. The normalized spacial score (nSPS) is 10.6. The van der Waals surface area contributed by atoms with Gasteiger partial charge in [-0.3, -0.25) is 4.79 Å². The van der Waals surface area contributed by atoms with Gasteiger partial charge in [0.2, 0.25) is 5.91 Å². The summed E-state index contributed by atoms with van der Waals surface area (Å²) in [6, 6.07) is 13.3. The third-order valence-electron chi connectivity index (χ3n) is 3.34. The molecule has 0 unspecified atom stereocenters. The van der Waals surface area contributed by atoms with E-state index >= 15 is 0 Å². The molecule has 0 saturated heterocycles. The van der Waals surface area contributed by atoms with Gasteiger partial charge >= 0.3 is 6.61 Å². The van der Waals surface area contributed by atoms with Crippen LogP contribution < -0.4 is 14.8 Å². The Morgan fingerprint density at radius 3 is 2.58 bits per heavy atom. The molecule has 0 bridgehead atoms. The van der Waals surface area contributed by atoms with Crippen LogP contribution in [0.15, 0.2) is 48.5 Å². The number of nitrogens with zero attached hydrogens (tertiary/aromatic N) is 1. The first-order valence-electron chi connectivity index (χ1n) is 7.59. The smallest absolute Gasteiger partial charge is 0.387 e. The van der Waals surface area contributed by atoms with E-state index in [1.165, 1.54) is 37.5 Å². The van der Waals surface area contributed by atoms with E-state index in [0.717, 1.165) is 5.56 Å². The molecule has 2 rings (SSSR count). The van der Waals surface area contributed by atoms with E-state index in [1.807, 2.05) is 6.07 Å². The van der Waals surface area contributed by atoms with Crippen molar-refractivity contribution in [1.82, 2.24) is 0 Å². The molecule has 0 aliphatic heterocycles. The fourth-order valence-corrected chi connectivity index (χ4v) is 2.13. The second kappa shape index (κ2) is 9.18. The maximum absolute atomic E-state index is 12.3. The van der Waals surface area contributed by atoms with Crippen LogP contribution in [0.4, 0.5) is 14.5 Å². The SMILES string of the molecule is COc1cc(/C=C/C(=O)Nc2ccc(CC#N)cc2)ccc1OC(F)F. The zero-order valence-corrected chi connectivity index (χ0v) is 13.9. The molecule has 0 aliphatic rings. The van der Waals surface area contributed by atoms with Crippen LogP contribution in [0.3, 0.4) is 0 Å². The highest BCUT2D eigenvalue weighted by molar-refractivity contribution is 6.01. The number of nitrogens with one attached hydrogen (secondary N) is 1. The molecule has 134 valence electrons. The van der Waals surface area contributed by atoms with Crippen LogP contribution in [0.2, 0.25) is 0 Å². The van der Waals surface area contributed by atoms with Gasteiger partial charge in [-0.05, 0) is 41.5 Å². The number of methoxy groups -OCH3 is 1. The molecule has 2 aromatic carbocycles. The van der Waals surface area contributed by atoms with Gasteiger partial charge in [-0.2, -0.15) is 14.0 Å². The number of hydrogen-bond acceptors (Lipinski definition) is 4. The number of alkyl halides is 2. The fourth-order valence-electron chi connectivity index (χ4n) is 2.13. The van der Waals surface area contributed by atoms with Crippen molar-refractivity contribution in [2.75, 3.05) is 12.4 Å². The number of ether oxygens (including phenoxy) is 2. The van der Waals surface area contributed by atoms with Crippen LogP contribution >= 0.6 is 0 Å². The van der Waals surface area contributed by atoms with Gasteiger partial charge < -0.3 is 14.8 Å². The molecule has 7 heteroatoms. The number of nitriles is 1. The average Bonchev–Trinajstić information content (AvgIpc) is 2.62. The van der Waals surface area contributed by atoms with Crippen LogP contribution in [0.25, 0.3) is 6.08 Å². The number of rotatable bonds is 7. The Morgan fingerprint density at radius 2 is 1.96 bits per heavy atom. The number of anilines is 1. The zero-order valence-electron chi connectivity index (χ0n) is 13.9. The lowest BCUT2D eigenvalue weighted by Crippen LogP contribution is -2.07. The molecule has 1 amide bonds. The molecule has 0 atom stereocenters. The molecule has 2 aromatic rings. The molecule has 0 heterocycles. The lowest BCUT2D eigenvalue weighted by Gasteiger charge is -2.10. The van der Waals surface area contributed by atoms with Crippen LogP contribution in [0.5, 0.6) is 11.5 Å². The Hall–Kier alpha value is -3.40. The second-order valence-electron chi connectivity index (χ2n) is 5.14. The monoisotopic (exact) mass is 358 g/mol. The second-order valence-corrected chi connectivity index (χ2v) is 5.14. The van der Waals surface area contributed by atoms with Crippen molar-refractivity contribution in [3.63, 3.8) is 0 Å². The topological polar surface area (TPSA) is 71.3 Å². The Bertz CT molecular complexity index is 828. The molecule has 0 saturated carbocycles. The van der Waals surface area contributed by atoms with Gasteiger partial charge in [-0.1, -0.05) is 18.2 Å². The summed E-state index contributed by atoms with van der Waals surface area (Å²) >= 11 is 0. The number of hydrogen-bond donors (Lipinski definition) is 1. The van der Waals surface area contributed by atoms with Crippen LogP contribution in [-0.2, 0) is 11.2 Å². The minimum Gasteiger partial charge on any atom is -0.493 e. The summed E-state index contributed by atoms with van der Waals surface area (Å²) in [6.07, 6.45) is 3.14. The minimum atomic E-state index is -2.95. The maximum Gasteiger partial charge on any atom is 0.387 e. The van der Waals surface area contributed by atoms with E-state index in [4.69, 9.17) is 10.00 Å². The number of benzene rings is 2. The van der Waals surface area contributed by atoms with Gasteiger partial charge in [0.05, 0.1) is 19.6 Å². The molecule has 0 radical (unpaired) electrons. The Balaban J connectivity index is 2.02. The van der Waals surface area contributed by atoms with Gasteiger partial charge in [0.25, 0.3) is 0 Å². The summed E-state index contributed by atoms with van der Waals surface area (Å²) in [6.45, 7) is -2.95. The summed E-state index contributed by atoms with van der Waals surface area (Å²) in [5, 5.41) is 11.3. The van der Waals surface area contributed by atoms with Gasteiger partial charge in [-0.15, -0.1) is 0 Å². The fraction of sp³-hybridized carbons (Fsp3) is 0.158. The number of carbonyl (C=O) groups excluding carboxylic acids is 1. The summed E-state index contributed by atoms with van der Waals surface area (Å²) in [7, 11) is 1.34. The van der Waals surface area contributed by atoms with Crippen molar-refractivity contribution in [3.05, 3.63) is 59.7 Å². The van der Waals surface area contributed by atoms with Crippen molar-refractivity contribution in [1.29, 1.82) is 5.26 Å². The average molecular weight is 358 g/mol. The van der Waals surface area contributed by atoms with E-state index in [0.29, 0.717) is 17.7 Å². The highest BCUT2D eigenvalue weighted by Crippen LogP contribution is 2.29. The third-order valence-corrected chi connectivity index (χ3v) is 3.34. The van der Waals surface area contributed by atoms with Crippen LogP contribution in [-0.4, -0.2) is 19.6 Å². The molecule has 0 aromatic heterocycles. The largest absolute Gasteiger partial charge is 0.493 e. The number of amides is 1. The lowest BCUT2D eigenvalue weighted by molar-refractivity contribution is -0.111. The number of halogens is 2. The van der Waals surface area contributed by atoms with Crippen molar-refractivity contribution >= 4 is 17.7 Å². The van der Waals surface area contributed by atoms with Gasteiger partial charge in [-0.25, -0.2) is 0 Å². The van der Waals surface area contributed by atoms with Gasteiger partial charge in [0.15, 0.2) is 11.5 Å². The maximum atomic E-state index is 12.3. The zero-order chi connectivity index (χ0) is 18.9. The molecule has 1 N–H and O–H groups in total. The summed E-state index contributed by atoms with van der Waals surface area (Å²) in [5.74, 6) is -0.299. The highest BCUT2D eigenvalue weighted by Gasteiger charge is 2.10. The van der Waals surface area contributed by atoms with E-state index < -0.39 is 6.61 Å². The predicted molar refractivity (Wildman–Crippen MR) is 93.0 cm³/mol. The van der Waals surface area contributed by atoms with Crippen molar-refractivity contribution in [3.8, 4) is 17.6 Å². The standard InChI is InChI=1S/C19H16F2N2O3/c1-25-17-12-14(4-8-16(17)26-19(20)21)5-9-18(24)23-15-6-2-13(3-7-15)10-11-22/h2-9,12,19H,10H2,1H3,(H,23,24)/b9-5+. The van der Waals surface area contributed by atoms with E-state index in [9.17, 15) is 13.6 Å². The summed E-state index contributed by atoms with van der Waals surface area (Å²) in [5.41, 5.74) is 2.04. The van der Waals surface area contributed by atoms with Crippen molar-refractivity contribution < 1.29 is 23.0 Å². The van der Waals surface area contributed by atoms with Crippen molar-refractivity contribution in [2.45, 2.75) is 13.0 Å². The third kappa shape index (κ3) is 5.60. The van der Waals surface area contributed by atoms with E-state index in [2.05, 4.69) is 10.1 Å². The Kier molecular flexibility index (Phi) is 6.68. The first kappa shape index (κ1) is 18.9. The molecule has 0 fully saturated rings. The Morgan fingerprint density at radius 1 is 1.23 bits per heavy atom. The summed E-state index contributed by atoms with van der Waals surface area (Å²) in [4.78, 5) is 12.0. The Labute approximate surface area is 149 Å². The quantitative estimate of drug-likeness (QED) is 0.759. The molecule has 5 nitrogen and oxygen atoms in total. The van der Waals surface area contributed by atoms with Crippen LogP contribution in [0, 0.1) is 11.3 Å². The van der Waals surface area contributed by atoms with E-state index in [1.54, 1.807) is 24.3 Å². The first-order chi connectivity index (χ1) is 12.5. The molecule has 0 spiro atoms. The molecule has 26 heavy (non-hydrogen) atoms.